The average molecular weight is 470 g/mol. The summed E-state index contributed by atoms with van der Waals surface area (Å²) in [5.41, 5.74) is 3.69. The minimum absolute atomic E-state index is 0.483. The number of anilines is 1. The lowest BCUT2D eigenvalue weighted by molar-refractivity contribution is -0.908. The highest BCUT2D eigenvalue weighted by Gasteiger charge is 2.19. The highest BCUT2D eigenvalue weighted by molar-refractivity contribution is 7.92. The predicted molar refractivity (Wildman–Crippen MR) is 128 cm³/mol. The van der Waals surface area contributed by atoms with Crippen LogP contribution >= 0.6 is 0 Å². The molecule has 1 aliphatic rings. The molecule has 1 saturated heterocycles. The van der Waals surface area contributed by atoms with Crippen molar-refractivity contribution in [3.05, 3.63) is 48.0 Å². The van der Waals surface area contributed by atoms with Crippen molar-refractivity contribution in [3.8, 4) is 23.1 Å². The minimum Gasteiger partial charge on any atom is -0.488 e. The number of aryl methyl sites for hydroxylation is 1. The van der Waals surface area contributed by atoms with Gasteiger partial charge in [0.05, 0.1) is 36.2 Å². The Bertz CT molecular complexity index is 1270. The highest BCUT2D eigenvalue weighted by Crippen LogP contribution is 2.35. The van der Waals surface area contributed by atoms with Gasteiger partial charge in [-0.1, -0.05) is 12.1 Å². The van der Waals surface area contributed by atoms with E-state index in [4.69, 9.17) is 9.47 Å². The molecule has 8 nitrogen and oxygen atoms in total. The number of nitrogens with one attached hydrogen (secondary N) is 2. The molecule has 0 saturated carbocycles. The summed E-state index contributed by atoms with van der Waals surface area (Å²) in [6.45, 7) is 7.89. The lowest BCUT2D eigenvalue weighted by atomic mass is 10.1. The lowest BCUT2D eigenvalue weighted by Crippen LogP contribution is -3.14. The van der Waals surface area contributed by atoms with Gasteiger partial charge in [0.1, 0.15) is 38.1 Å². The standard InChI is InChI=1S/C24H28N4O4S/c1-3-28-23-16-20(32-15-12-27-10-13-31-14-11-27)8-9-21(23)22(17-25)24(28)18-4-6-19(7-5-18)26-33(2,29)30/h4-9,16,26H,3,10-15H2,1-2H3/p+1. The van der Waals surface area contributed by atoms with E-state index in [2.05, 4.69) is 15.4 Å². The normalized spacial score (nSPS) is 14.8. The molecule has 3 aromatic rings. The third-order valence-corrected chi connectivity index (χ3v) is 6.46. The van der Waals surface area contributed by atoms with E-state index in [0.29, 0.717) is 24.4 Å². The molecule has 2 aromatic carbocycles. The minimum atomic E-state index is -3.35. The van der Waals surface area contributed by atoms with E-state index in [0.717, 1.165) is 67.0 Å². The van der Waals surface area contributed by atoms with E-state index >= 15 is 0 Å². The second-order valence-corrected chi connectivity index (χ2v) is 9.92. The molecule has 0 unspecified atom stereocenters. The number of benzene rings is 2. The van der Waals surface area contributed by atoms with Crippen LogP contribution in [0.5, 0.6) is 5.75 Å². The number of quaternary nitrogens is 1. The fourth-order valence-corrected chi connectivity index (χ4v) is 4.86. The maximum absolute atomic E-state index is 11.5. The Morgan fingerprint density at radius 3 is 2.55 bits per heavy atom. The van der Waals surface area contributed by atoms with E-state index in [1.165, 1.54) is 4.90 Å². The molecule has 0 aliphatic carbocycles. The summed E-state index contributed by atoms with van der Waals surface area (Å²) in [6, 6.07) is 15.3. The zero-order valence-electron chi connectivity index (χ0n) is 18.9. The van der Waals surface area contributed by atoms with Gasteiger partial charge in [0.2, 0.25) is 10.0 Å². The predicted octanol–water partition coefficient (Wildman–Crippen LogP) is 1.87. The number of morpholine rings is 1. The maximum atomic E-state index is 11.5. The number of sulfonamides is 1. The van der Waals surface area contributed by atoms with Crippen molar-refractivity contribution >= 4 is 26.6 Å². The quantitative estimate of drug-likeness (QED) is 0.525. The van der Waals surface area contributed by atoms with Crippen molar-refractivity contribution in [1.82, 2.24) is 4.57 Å². The molecule has 1 aliphatic heterocycles. The first-order chi connectivity index (χ1) is 15.9. The fourth-order valence-electron chi connectivity index (χ4n) is 4.29. The smallest absolute Gasteiger partial charge is 0.229 e. The molecule has 0 amide bonds. The van der Waals surface area contributed by atoms with Crippen LogP contribution in [-0.2, 0) is 21.3 Å². The van der Waals surface area contributed by atoms with Gasteiger partial charge in [-0.25, -0.2) is 8.42 Å². The Labute approximate surface area is 194 Å². The van der Waals surface area contributed by atoms with Gasteiger partial charge in [-0.15, -0.1) is 0 Å². The van der Waals surface area contributed by atoms with Crippen LogP contribution < -0.4 is 14.4 Å². The monoisotopic (exact) mass is 469 g/mol. The first-order valence-corrected chi connectivity index (χ1v) is 13.0. The van der Waals surface area contributed by atoms with Crippen LogP contribution in [0.2, 0.25) is 0 Å². The van der Waals surface area contributed by atoms with E-state index in [1.54, 1.807) is 12.1 Å². The van der Waals surface area contributed by atoms with Gasteiger partial charge in [0, 0.05) is 23.7 Å². The Morgan fingerprint density at radius 2 is 1.91 bits per heavy atom. The van der Waals surface area contributed by atoms with Crippen LogP contribution in [0.25, 0.3) is 22.2 Å². The topological polar surface area (TPSA) is 97.8 Å². The van der Waals surface area contributed by atoms with Crippen LogP contribution in [0.1, 0.15) is 12.5 Å². The van der Waals surface area contributed by atoms with Gasteiger partial charge >= 0.3 is 0 Å². The molecular weight excluding hydrogens is 440 g/mol. The second-order valence-electron chi connectivity index (χ2n) is 8.17. The van der Waals surface area contributed by atoms with Gasteiger partial charge < -0.3 is 18.9 Å². The molecule has 4 rings (SSSR count). The number of ether oxygens (including phenoxy) is 2. The zero-order valence-corrected chi connectivity index (χ0v) is 19.7. The molecule has 1 aromatic heterocycles. The van der Waals surface area contributed by atoms with Crippen molar-refractivity contribution in [2.75, 3.05) is 50.4 Å². The Kier molecular flexibility index (Phi) is 6.88. The van der Waals surface area contributed by atoms with Gasteiger partial charge in [-0.2, -0.15) is 5.26 Å². The average Bonchev–Trinajstić information content (AvgIpc) is 3.12. The highest BCUT2D eigenvalue weighted by atomic mass is 32.2. The number of nitriles is 1. The lowest BCUT2D eigenvalue weighted by Gasteiger charge is -2.23. The van der Waals surface area contributed by atoms with Crippen molar-refractivity contribution in [3.63, 3.8) is 0 Å². The summed E-state index contributed by atoms with van der Waals surface area (Å²) < 4.78 is 39.0. The summed E-state index contributed by atoms with van der Waals surface area (Å²) in [5.74, 6) is 0.783. The van der Waals surface area contributed by atoms with E-state index in [1.807, 2.05) is 37.3 Å². The second kappa shape index (κ2) is 9.83. The number of hydrogen-bond donors (Lipinski definition) is 2. The van der Waals surface area contributed by atoms with Gasteiger partial charge in [0.15, 0.2) is 0 Å². The molecule has 9 heteroatoms. The summed E-state index contributed by atoms with van der Waals surface area (Å²) in [4.78, 5) is 1.49. The van der Waals surface area contributed by atoms with Crippen molar-refractivity contribution in [2.45, 2.75) is 13.5 Å². The van der Waals surface area contributed by atoms with Crippen molar-refractivity contribution < 1.29 is 22.8 Å². The molecule has 0 atom stereocenters. The summed E-state index contributed by atoms with van der Waals surface area (Å²) in [6.07, 6.45) is 1.12. The Balaban J connectivity index is 1.62. The molecule has 0 radical (unpaired) electrons. The summed E-state index contributed by atoms with van der Waals surface area (Å²) >= 11 is 0. The molecule has 2 N–H and O–H groups in total. The van der Waals surface area contributed by atoms with Crippen LogP contribution in [0.15, 0.2) is 42.5 Å². The molecule has 33 heavy (non-hydrogen) atoms. The van der Waals surface area contributed by atoms with Crippen LogP contribution in [-0.4, -0.2) is 58.7 Å². The van der Waals surface area contributed by atoms with E-state index < -0.39 is 10.0 Å². The van der Waals surface area contributed by atoms with E-state index in [-0.39, 0.29) is 0 Å². The third kappa shape index (κ3) is 5.30. The van der Waals surface area contributed by atoms with Crippen LogP contribution in [0, 0.1) is 11.3 Å². The van der Waals surface area contributed by atoms with E-state index in [9.17, 15) is 13.7 Å². The first-order valence-electron chi connectivity index (χ1n) is 11.1. The molecule has 1 fully saturated rings. The maximum Gasteiger partial charge on any atom is 0.229 e. The largest absolute Gasteiger partial charge is 0.488 e. The van der Waals surface area contributed by atoms with Gasteiger partial charge in [-0.3, -0.25) is 4.72 Å². The van der Waals surface area contributed by atoms with Gasteiger partial charge in [-0.05, 0) is 36.8 Å². The number of rotatable bonds is 8. The Hall–Kier alpha value is -3.06. The summed E-state index contributed by atoms with van der Waals surface area (Å²) in [7, 11) is -3.35. The molecule has 2 heterocycles. The SMILES string of the molecule is CCn1c(-c2ccc(NS(C)(=O)=O)cc2)c(C#N)c2ccc(OCC[NH+]3CCOCC3)cc21. The van der Waals surface area contributed by atoms with Crippen molar-refractivity contribution in [1.29, 1.82) is 5.26 Å². The zero-order chi connectivity index (χ0) is 23.4. The number of fused-ring (bicyclic) bond motifs is 1. The number of hydrogen-bond acceptors (Lipinski definition) is 5. The van der Waals surface area contributed by atoms with Crippen molar-refractivity contribution in [2.24, 2.45) is 0 Å². The molecule has 0 bridgehead atoms. The number of aromatic nitrogens is 1. The molecule has 174 valence electrons. The molecular formula is C24H29N4O4S+. The van der Waals surface area contributed by atoms with Crippen LogP contribution in [0.4, 0.5) is 5.69 Å². The first kappa shape index (κ1) is 23.1. The fraction of sp³-hybridized carbons (Fsp3) is 0.375. The van der Waals surface area contributed by atoms with Gasteiger partial charge in [0.25, 0.3) is 0 Å². The third-order valence-electron chi connectivity index (χ3n) is 5.85. The molecule has 0 spiro atoms. The Morgan fingerprint density at radius 1 is 1.18 bits per heavy atom. The number of nitrogens with zero attached hydrogens (tertiary/aromatic N) is 2. The summed E-state index contributed by atoms with van der Waals surface area (Å²) in [5, 5.41) is 10.8. The van der Waals surface area contributed by atoms with Crippen LogP contribution in [0.3, 0.4) is 0 Å².